The van der Waals surface area contributed by atoms with E-state index in [0.717, 1.165) is 38.8 Å². The molecule has 148 valence electrons. The minimum absolute atomic E-state index is 0.0104. The summed E-state index contributed by atoms with van der Waals surface area (Å²) in [4.78, 5) is 14.2. The number of alkyl halides is 3. The summed E-state index contributed by atoms with van der Waals surface area (Å²) in [7, 11) is 5.86. The van der Waals surface area contributed by atoms with Crippen LogP contribution in [0.4, 0.5) is 24.9 Å². The standard InChI is InChI=1S/C16H28F3N7/c1-24(2)6-4-21-15-22-13(16(17,18)19)12-14(23-15)20-5-7-26-10-8-25(3)9-11-26/h12H,4-11H2,1-3H3,(H2,20,21,22,23). The van der Waals surface area contributed by atoms with Gasteiger partial charge < -0.3 is 20.4 Å². The first-order valence-electron chi connectivity index (χ1n) is 8.73. The summed E-state index contributed by atoms with van der Waals surface area (Å²) in [6.07, 6.45) is -4.51. The average Bonchev–Trinajstić information content (AvgIpc) is 2.55. The molecular formula is C16H28F3N7. The molecule has 0 radical (unpaired) electrons. The fourth-order valence-corrected chi connectivity index (χ4v) is 2.57. The molecule has 1 aromatic rings. The zero-order valence-corrected chi connectivity index (χ0v) is 15.6. The molecule has 2 heterocycles. The van der Waals surface area contributed by atoms with Gasteiger partial charge in [-0.1, -0.05) is 0 Å². The Morgan fingerprint density at radius 3 is 2.38 bits per heavy atom. The van der Waals surface area contributed by atoms with Crippen molar-refractivity contribution in [3.63, 3.8) is 0 Å². The highest BCUT2D eigenvalue weighted by atomic mass is 19.4. The van der Waals surface area contributed by atoms with Crippen LogP contribution in [0.5, 0.6) is 0 Å². The molecule has 0 atom stereocenters. The maximum absolute atomic E-state index is 13.1. The number of halogens is 3. The van der Waals surface area contributed by atoms with Crippen molar-refractivity contribution >= 4 is 11.8 Å². The van der Waals surface area contributed by atoms with Gasteiger partial charge in [0.25, 0.3) is 0 Å². The van der Waals surface area contributed by atoms with Crippen LogP contribution in [0, 0.1) is 0 Å². The lowest BCUT2D eigenvalue weighted by molar-refractivity contribution is -0.141. The van der Waals surface area contributed by atoms with Crippen molar-refractivity contribution in [3.8, 4) is 0 Å². The molecule has 2 rings (SSSR count). The van der Waals surface area contributed by atoms with Crippen LogP contribution in [0.2, 0.25) is 0 Å². The van der Waals surface area contributed by atoms with E-state index in [4.69, 9.17) is 0 Å². The Morgan fingerprint density at radius 2 is 1.77 bits per heavy atom. The number of anilines is 2. The van der Waals surface area contributed by atoms with Gasteiger partial charge in [-0.15, -0.1) is 0 Å². The van der Waals surface area contributed by atoms with Crippen molar-refractivity contribution in [2.45, 2.75) is 6.18 Å². The van der Waals surface area contributed by atoms with E-state index in [-0.39, 0.29) is 11.8 Å². The second-order valence-electron chi connectivity index (χ2n) is 6.76. The van der Waals surface area contributed by atoms with E-state index in [2.05, 4.69) is 37.4 Å². The van der Waals surface area contributed by atoms with Crippen LogP contribution in [-0.4, -0.2) is 98.2 Å². The Balaban J connectivity index is 1.94. The van der Waals surface area contributed by atoms with Gasteiger partial charge in [-0.3, -0.25) is 4.90 Å². The molecule has 0 bridgehead atoms. The largest absolute Gasteiger partial charge is 0.433 e. The van der Waals surface area contributed by atoms with Crippen LogP contribution in [0.25, 0.3) is 0 Å². The molecule has 1 fully saturated rings. The third-order valence-corrected chi connectivity index (χ3v) is 4.19. The van der Waals surface area contributed by atoms with E-state index in [1.165, 1.54) is 0 Å². The fraction of sp³-hybridized carbons (Fsp3) is 0.750. The number of nitrogens with zero attached hydrogens (tertiary/aromatic N) is 5. The maximum atomic E-state index is 13.1. The molecule has 7 nitrogen and oxygen atoms in total. The number of hydrogen-bond acceptors (Lipinski definition) is 7. The Kier molecular flexibility index (Phi) is 7.42. The van der Waals surface area contributed by atoms with Crippen molar-refractivity contribution in [1.29, 1.82) is 0 Å². The van der Waals surface area contributed by atoms with Gasteiger partial charge in [0, 0.05) is 58.4 Å². The Labute approximate surface area is 152 Å². The van der Waals surface area contributed by atoms with E-state index >= 15 is 0 Å². The molecule has 0 amide bonds. The third-order valence-electron chi connectivity index (χ3n) is 4.19. The molecule has 10 heteroatoms. The quantitative estimate of drug-likeness (QED) is 0.706. The molecule has 0 spiro atoms. The van der Waals surface area contributed by atoms with E-state index in [1.54, 1.807) is 0 Å². The predicted octanol–water partition coefficient (Wildman–Crippen LogP) is 1.13. The first-order valence-corrected chi connectivity index (χ1v) is 8.73. The number of piperazine rings is 1. The van der Waals surface area contributed by atoms with Gasteiger partial charge in [0.1, 0.15) is 5.82 Å². The van der Waals surface area contributed by atoms with Gasteiger partial charge in [0.2, 0.25) is 5.95 Å². The lowest BCUT2D eigenvalue weighted by atomic mass is 10.3. The first-order chi connectivity index (χ1) is 12.2. The van der Waals surface area contributed by atoms with Crippen LogP contribution in [-0.2, 0) is 6.18 Å². The van der Waals surface area contributed by atoms with E-state index < -0.39 is 11.9 Å². The van der Waals surface area contributed by atoms with Crippen molar-refractivity contribution in [3.05, 3.63) is 11.8 Å². The fourth-order valence-electron chi connectivity index (χ4n) is 2.57. The van der Waals surface area contributed by atoms with Gasteiger partial charge in [0.05, 0.1) is 0 Å². The Bertz CT molecular complexity index is 557. The topological polar surface area (TPSA) is 59.6 Å². The number of hydrogen-bond donors (Lipinski definition) is 2. The minimum atomic E-state index is -4.51. The van der Waals surface area contributed by atoms with Crippen LogP contribution in [0.1, 0.15) is 5.69 Å². The molecular weight excluding hydrogens is 347 g/mol. The molecule has 0 aliphatic carbocycles. The zero-order valence-electron chi connectivity index (χ0n) is 15.6. The van der Waals surface area contributed by atoms with Crippen molar-refractivity contribution in [1.82, 2.24) is 24.7 Å². The van der Waals surface area contributed by atoms with E-state index in [1.807, 2.05) is 19.0 Å². The molecule has 1 saturated heterocycles. The van der Waals surface area contributed by atoms with Gasteiger partial charge in [-0.05, 0) is 21.1 Å². The molecule has 0 aromatic carbocycles. The van der Waals surface area contributed by atoms with Crippen LogP contribution >= 0.6 is 0 Å². The van der Waals surface area contributed by atoms with Crippen LogP contribution in [0.15, 0.2) is 6.07 Å². The summed E-state index contributed by atoms with van der Waals surface area (Å²) in [5.41, 5.74) is -0.943. The highest BCUT2D eigenvalue weighted by molar-refractivity contribution is 5.43. The second-order valence-corrected chi connectivity index (χ2v) is 6.76. The predicted molar refractivity (Wildman–Crippen MR) is 96.5 cm³/mol. The van der Waals surface area contributed by atoms with Gasteiger partial charge in [0.15, 0.2) is 5.69 Å². The Morgan fingerprint density at radius 1 is 1.08 bits per heavy atom. The number of aromatic nitrogens is 2. The molecule has 2 N–H and O–H groups in total. The molecule has 26 heavy (non-hydrogen) atoms. The van der Waals surface area contributed by atoms with Crippen molar-refractivity contribution < 1.29 is 13.2 Å². The third kappa shape index (κ3) is 6.93. The minimum Gasteiger partial charge on any atom is -0.369 e. The van der Waals surface area contributed by atoms with Gasteiger partial charge in [-0.2, -0.15) is 18.2 Å². The van der Waals surface area contributed by atoms with Crippen LogP contribution in [0.3, 0.4) is 0 Å². The second kappa shape index (κ2) is 9.33. The lowest BCUT2D eigenvalue weighted by Crippen LogP contribution is -2.45. The molecule has 0 unspecified atom stereocenters. The normalized spacial score (nSPS) is 16.9. The SMILES string of the molecule is CN(C)CCNc1nc(NCCN2CCN(C)CC2)cc(C(F)(F)F)n1. The zero-order chi connectivity index (χ0) is 19.2. The lowest BCUT2D eigenvalue weighted by Gasteiger charge is -2.32. The summed E-state index contributed by atoms with van der Waals surface area (Å²) < 4.78 is 39.2. The highest BCUT2D eigenvalue weighted by Crippen LogP contribution is 2.29. The average molecular weight is 375 g/mol. The van der Waals surface area contributed by atoms with Crippen LogP contribution < -0.4 is 10.6 Å². The first kappa shape index (κ1) is 20.7. The van der Waals surface area contributed by atoms with Crippen molar-refractivity contribution in [2.75, 3.05) is 84.1 Å². The summed E-state index contributed by atoms with van der Waals surface area (Å²) in [5.74, 6) is 0.178. The summed E-state index contributed by atoms with van der Waals surface area (Å²) in [5, 5.41) is 5.85. The number of rotatable bonds is 8. The highest BCUT2D eigenvalue weighted by Gasteiger charge is 2.33. The van der Waals surface area contributed by atoms with E-state index in [9.17, 15) is 13.2 Å². The van der Waals surface area contributed by atoms with Gasteiger partial charge in [-0.25, -0.2) is 4.98 Å². The maximum Gasteiger partial charge on any atom is 0.433 e. The Hall–Kier alpha value is -1.65. The summed E-state index contributed by atoms with van der Waals surface area (Å²) >= 11 is 0. The molecule has 1 aromatic heterocycles. The van der Waals surface area contributed by atoms with Crippen molar-refractivity contribution in [2.24, 2.45) is 0 Å². The molecule has 1 aliphatic rings. The van der Waals surface area contributed by atoms with Gasteiger partial charge >= 0.3 is 6.18 Å². The van der Waals surface area contributed by atoms with E-state index in [0.29, 0.717) is 19.6 Å². The number of nitrogens with one attached hydrogen (secondary N) is 2. The number of likely N-dealkylation sites (N-methyl/N-ethyl adjacent to an activating group) is 2. The molecule has 0 saturated carbocycles. The smallest absolute Gasteiger partial charge is 0.369 e. The monoisotopic (exact) mass is 375 g/mol. The molecule has 1 aliphatic heterocycles. The summed E-state index contributed by atoms with van der Waals surface area (Å²) in [6.45, 7) is 6.39. The summed E-state index contributed by atoms with van der Waals surface area (Å²) in [6, 6.07) is 0.959.